The van der Waals surface area contributed by atoms with Crippen LogP contribution in [-0.2, 0) is 4.74 Å². The van der Waals surface area contributed by atoms with Crippen LogP contribution < -0.4 is 0 Å². The molecule has 0 aliphatic heterocycles. The number of ether oxygens (including phenoxy) is 1. The molecule has 136 valence electrons. The van der Waals surface area contributed by atoms with E-state index in [9.17, 15) is 5.11 Å². The highest BCUT2D eigenvalue weighted by Crippen LogP contribution is 2.35. The molecule has 0 saturated heterocycles. The molecule has 0 bridgehead atoms. The molecule has 0 unspecified atom stereocenters. The lowest BCUT2D eigenvalue weighted by Crippen LogP contribution is -2.42. The van der Waals surface area contributed by atoms with E-state index in [1.807, 2.05) is 0 Å². The van der Waals surface area contributed by atoms with Crippen molar-refractivity contribution < 1.29 is 9.84 Å². The van der Waals surface area contributed by atoms with Crippen molar-refractivity contribution in [3.05, 3.63) is 0 Å². The van der Waals surface area contributed by atoms with Crippen molar-refractivity contribution in [2.75, 3.05) is 20.2 Å². The molecule has 0 aromatic rings. The zero-order valence-electron chi connectivity index (χ0n) is 15.8. The van der Waals surface area contributed by atoms with Crippen LogP contribution in [0.4, 0.5) is 0 Å². The van der Waals surface area contributed by atoms with Crippen molar-refractivity contribution in [3.63, 3.8) is 0 Å². The maximum absolute atomic E-state index is 10.4. The zero-order chi connectivity index (χ0) is 16.8. The highest BCUT2D eigenvalue weighted by Gasteiger charge is 2.32. The van der Waals surface area contributed by atoms with E-state index in [1.165, 1.54) is 44.9 Å². The highest BCUT2D eigenvalue weighted by atomic mass is 16.5. The molecule has 2 saturated carbocycles. The molecule has 2 fully saturated rings. The summed E-state index contributed by atoms with van der Waals surface area (Å²) >= 11 is 0. The topological polar surface area (TPSA) is 32.7 Å². The molecule has 4 atom stereocenters. The average molecular weight is 326 g/mol. The fourth-order valence-corrected chi connectivity index (χ4v) is 4.60. The molecule has 1 N–H and O–H groups in total. The first-order valence-electron chi connectivity index (χ1n) is 9.97. The molecular weight excluding hydrogens is 286 g/mol. The van der Waals surface area contributed by atoms with Crippen LogP contribution in [0.1, 0.15) is 72.1 Å². The van der Waals surface area contributed by atoms with Gasteiger partial charge in [0.2, 0.25) is 0 Å². The maximum Gasteiger partial charge on any atom is 0.0900 e. The highest BCUT2D eigenvalue weighted by molar-refractivity contribution is 4.82. The first kappa shape index (κ1) is 19.2. The van der Waals surface area contributed by atoms with E-state index in [0.717, 1.165) is 18.9 Å². The molecule has 3 nitrogen and oxygen atoms in total. The van der Waals surface area contributed by atoms with Crippen molar-refractivity contribution >= 4 is 0 Å². The Balaban J connectivity index is 1.74. The Hall–Kier alpha value is -0.120. The SMILES string of the molecule is CC(C)[C@H]1CC[C@H](C)C[C@H]1OC[C@H](O)CN(C)C1CCCCC1. The monoisotopic (exact) mass is 325 g/mol. The van der Waals surface area contributed by atoms with E-state index < -0.39 is 0 Å². The molecule has 0 amide bonds. The van der Waals surface area contributed by atoms with Crippen LogP contribution in [0.25, 0.3) is 0 Å². The molecule has 2 aliphatic carbocycles. The lowest BCUT2D eigenvalue weighted by molar-refractivity contribution is -0.0749. The molecule has 0 heterocycles. The predicted octanol–water partition coefficient (Wildman–Crippen LogP) is 4.09. The smallest absolute Gasteiger partial charge is 0.0900 e. The van der Waals surface area contributed by atoms with Crippen molar-refractivity contribution in [2.45, 2.75) is 90.4 Å². The lowest BCUT2D eigenvalue weighted by atomic mass is 9.75. The number of likely N-dealkylation sites (N-methyl/N-ethyl adjacent to an activating group) is 1. The molecule has 23 heavy (non-hydrogen) atoms. The second kappa shape index (κ2) is 9.39. The molecule has 2 aliphatic rings. The molecular formula is C20H39NO2. The summed E-state index contributed by atoms with van der Waals surface area (Å²) in [6, 6.07) is 0.663. The molecule has 0 radical (unpaired) electrons. The van der Waals surface area contributed by atoms with Crippen molar-refractivity contribution in [1.29, 1.82) is 0 Å². The summed E-state index contributed by atoms with van der Waals surface area (Å²) in [6.45, 7) is 8.20. The number of hydrogen-bond acceptors (Lipinski definition) is 3. The first-order valence-corrected chi connectivity index (χ1v) is 9.97. The van der Waals surface area contributed by atoms with Gasteiger partial charge in [0.15, 0.2) is 0 Å². The van der Waals surface area contributed by atoms with Crippen LogP contribution in [0.5, 0.6) is 0 Å². The molecule has 0 aromatic carbocycles. The summed E-state index contributed by atoms with van der Waals surface area (Å²) in [6.07, 6.45) is 10.4. The van der Waals surface area contributed by atoms with Crippen LogP contribution in [0, 0.1) is 17.8 Å². The fraction of sp³-hybridized carbons (Fsp3) is 1.00. The predicted molar refractivity (Wildman–Crippen MR) is 96.6 cm³/mol. The first-order chi connectivity index (χ1) is 11.0. The van der Waals surface area contributed by atoms with Crippen LogP contribution >= 0.6 is 0 Å². The van der Waals surface area contributed by atoms with Crippen LogP contribution in [0.2, 0.25) is 0 Å². The van der Waals surface area contributed by atoms with E-state index in [1.54, 1.807) is 0 Å². The third-order valence-electron chi connectivity index (χ3n) is 6.16. The van der Waals surface area contributed by atoms with E-state index in [-0.39, 0.29) is 6.10 Å². The standard InChI is InChI=1S/C20H39NO2/c1-15(2)19-11-10-16(3)12-20(19)23-14-18(22)13-21(4)17-8-6-5-7-9-17/h15-20,22H,5-14H2,1-4H3/t16-,18+,19+,20+/m0/s1. The third kappa shape index (κ3) is 6.03. The number of rotatable bonds is 7. The van der Waals surface area contributed by atoms with Gasteiger partial charge in [-0.15, -0.1) is 0 Å². The Kier molecular flexibility index (Phi) is 7.84. The van der Waals surface area contributed by atoms with Gasteiger partial charge in [0.1, 0.15) is 0 Å². The van der Waals surface area contributed by atoms with Gasteiger partial charge >= 0.3 is 0 Å². The number of hydrogen-bond donors (Lipinski definition) is 1. The maximum atomic E-state index is 10.4. The normalized spacial score (nSPS) is 31.7. The summed E-state index contributed by atoms with van der Waals surface area (Å²) in [5.41, 5.74) is 0. The Labute approximate surface area is 143 Å². The van der Waals surface area contributed by atoms with Gasteiger partial charge in [-0.3, -0.25) is 0 Å². The minimum Gasteiger partial charge on any atom is -0.389 e. The minimum absolute atomic E-state index is 0.341. The largest absolute Gasteiger partial charge is 0.389 e. The van der Waals surface area contributed by atoms with Gasteiger partial charge in [0, 0.05) is 12.6 Å². The Bertz CT molecular complexity index is 328. The number of aliphatic hydroxyl groups excluding tert-OH is 1. The summed E-state index contributed by atoms with van der Waals surface area (Å²) in [5.74, 6) is 2.10. The van der Waals surface area contributed by atoms with Gasteiger partial charge in [-0.25, -0.2) is 0 Å². The summed E-state index contributed by atoms with van der Waals surface area (Å²) in [5, 5.41) is 10.4. The third-order valence-corrected chi connectivity index (χ3v) is 6.16. The fourth-order valence-electron chi connectivity index (χ4n) is 4.60. The van der Waals surface area contributed by atoms with Gasteiger partial charge < -0.3 is 14.7 Å². The minimum atomic E-state index is -0.355. The van der Waals surface area contributed by atoms with Gasteiger partial charge in [0.25, 0.3) is 0 Å². The van der Waals surface area contributed by atoms with Gasteiger partial charge in [-0.2, -0.15) is 0 Å². The second-order valence-corrected chi connectivity index (χ2v) is 8.58. The van der Waals surface area contributed by atoms with Crippen molar-refractivity contribution in [1.82, 2.24) is 4.90 Å². The van der Waals surface area contributed by atoms with Crippen LogP contribution in [0.15, 0.2) is 0 Å². The summed E-state index contributed by atoms with van der Waals surface area (Å²) < 4.78 is 6.20. The Morgan fingerprint density at radius 1 is 1.09 bits per heavy atom. The molecule has 3 heteroatoms. The molecule has 2 rings (SSSR count). The molecule has 0 aromatic heterocycles. The van der Waals surface area contributed by atoms with Gasteiger partial charge in [-0.1, -0.05) is 46.5 Å². The van der Waals surface area contributed by atoms with Crippen LogP contribution in [-0.4, -0.2) is 48.5 Å². The van der Waals surface area contributed by atoms with Gasteiger partial charge in [-0.05, 0) is 50.5 Å². The zero-order valence-corrected chi connectivity index (χ0v) is 15.8. The van der Waals surface area contributed by atoms with E-state index in [4.69, 9.17) is 4.74 Å². The summed E-state index contributed by atoms with van der Waals surface area (Å²) in [4.78, 5) is 2.36. The number of nitrogens with zero attached hydrogens (tertiary/aromatic N) is 1. The van der Waals surface area contributed by atoms with Gasteiger partial charge in [0.05, 0.1) is 18.8 Å². The Morgan fingerprint density at radius 3 is 2.43 bits per heavy atom. The van der Waals surface area contributed by atoms with E-state index >= 15 is 0 Å². The Morgan fingerprint density at radius 2 is 1.78 bits per heavy atom. The average Bonchev–Trinajstić information content (AvgIpc) is 2.53. The second-order valence-electron chi connectivity index (χ2n) is 8.58. The number of aliphatic hydroxyl groups is 1. The van der Waals surface area contributed by atoms with E-state index in [0.29, 0.717) is 30.6 Å². The van der Waals surface area contributed by atoms with E-state index in [2.05, 4.69) is 32.7 Å². The van der Waals surface area contributed by atoms with Crippen molar-refractivity contribution in [2.24, 2.45) is 17.8 Å². The quantitative estimate of drug-likeness (QED) is 0.765. The summed E-state index contributed by atoms with van der Waals surface area (Å²) in [7, 11) is 2.17. The lowest BCUT2D eigenvalue weighted by Gasteiger charge is -2.38. The van der Waals surface area contributed by atoms with Crippen molar-refractivity contribution in [3.8, 4) is 0 Å². The molecule has 0 spiro atoms. The van der Waals surface area contributed by atoms with Crippen LogP contribution in [0.3, 0.4) is 0 Å².